The van der Waals surface area contributed by atoms with Crippen LogP contribution in [0.25, 0.3) is 11.1 Å². The van der Waals surface area contributed by atoms with Crippen molar-refractivity contribution < 1.29 is 14.3 Å². The van der Waals surface area contributed by atoms with Gasteiger partial charge in [-0.3, -0.25) is 4.79 Å². The molecule has 1 unspecified atom stereocenters. The smallest absolute Gasteiger partial charge is 0.222 e. The SMILES string of the molecule is O=C(CCn1cnnn1)NC1CC2(CCOCC2)Oc2ccc(-c3ccccc3)cc21. The fraction of sp³-hybridized carbons (Fsp3) is 0.391. The van der Waals surface area contributed by atoms with E-state index in [2.05, 4.69) is 45.1 Å². The Labute approximate surface area is 180 Å². The number of nitrogens with zero attached hydrogens (tertiary/aromatic N) is 4. The van der Waals surface area contributed by atoms with Crippen LogP contribution in [0.4, 0.5) is 0 Å². The molecule has 2 aliphatic heterocycles. The molecule has 1 aromatic heterocycles. The maximum absolute atomic E-state index is 12.8. The summed E-state index contributed by atoms with van der Waals surface area (Å²) in [5, 5.41) is 14.3. The molecule has 1 amide bonds. The van der Waals surface area contributed by atoms with Gasteiger partial charge in [0, 0.05) is 31.2 Å². The zero-order valence-electron chi connectivity index (χ0n) is 17.2. The number of carbonyl (C=O) groups is 1. The van der Waals surface area contributed by atoms with Crippen molar-refractivity contribution in [1.29, 1.82) is 0 Å². The van der Waals surface area contributed by atoms with Gasteiger partial charge in [0.2, 0.25) is 5.91 Å². The van der Waals surface area contributed by atoms with Gasteiger partial charge in [0.15, 0.2) is 0 Å². The second-order valence-corrected chi connectivity index (χ2v) is 8.16. The van der Waals surface area contributed by atoms with Gasteiger partial charge in [-0.25, -0.2) is 4.68 Å². The zero-order chi connectivity index (χ0) is 21.1. The van der Waals surface area contributed by atoms with Crippen LogP contribution in [0.1, 0.15) is 37.3 Å². The van der Waals surface area contributed by atoms with E-state index in [1.54, 1.807) is 4.68 Å². The molecule has 3 aromatic rings. The van der Waals surface area contributed by atoms with Gasteiger partial charge in [0.05, 0.1) is 25.8 Å². The number of aryl methyl sites for hydroxylation is 1. The first kappa shape index (κ1) is 19.7. The summed E-state index contributed by atoms with van der Waals surface area (Å²) in [7, 11) is 0. The summed E-state index contributed by atoms with van der Waals surface area (Å²) in [4.78, 5) is 12.8. The highest BCUT2D eigenvalue weighted by molar-refractivity contribution is 5.77. The predicted octanol–water partition coefficient (Wildman–Crippen LogP) is 2.92. The molecule has 3 heterocycles. The third kappa shape index (κ3) is 4.29. The van der Waals surface area contributed by atoms with Crippen molar-refractivity contribution in [3.8, 4) is 16.9 Å². The van der Waals surface area contributed by atoms with Crippen molar-refractivity contribution in [2.75, 3.05) is 13.2 Å². The summed E-state index contributed by atoms with van der Waals surface area (Å²) in [5.41, 5.74) is 2.97. The fourth-order valence-electron chi connectivity index (χ4n) is 4.42. The first-order valence-corrected chi connectivity index (χ1v) is 10.7. The van der Waals surface area contributed by atoms with Crippen molar-refractivity contribution in [2.45, 2.75) is 43.9 Å². The molecule has 2 aromatic carbocycles. The molecule has 0 bridgehead atoms. The quantitative estimate of drug-likeness (QED) is 0.684. The summed E-state index contributed by atoms with van der Waals surface area (Å²) < 4.78 is 13.6. The molecule has 5 rings (SSSR count). The van der Waals surface area contributed by atoms with Gasteiger partial charge in [0.25, 0.3) is 0 Å². The minimum atomic E-state index is -0.298. The number of carbonyl (C=O) groups excluding carboxylic acids is 1. The van der Waals surface area contributed by atoms with E-state index in [0.717, 1.165) is 41.7 Å². The van der Waals surface area contributed by atoms with Crippen molar-refractivity contribution in [3.63, 3.8) is 0 Å². The molecule has 8 heteroatoms. The van der Waals surface area contributed by atoms with Crippen LogP contribution >= 0.6 is 0 Å². The van der Waals surface area contributed by atoms with Gasteiger partial charge >= 0.3 is 0 Å². The van der Waals surface area contributed by atoms with Gasteiger partial charge in [0.1, 0.15) is 17.7 Å². The maximum Gasteiger partial charge on any atom is 0.222 e. The van der Waals surface area contributed by atoms with Crippen molar-refractivity contribution in [3.05, 3.63) is 60.4 Å². The molecular formula is C23H25N5O3. The standard InChI is InChI=1S/C23H25N5O3/c29-22(8-11-28-16-24-26-27-28)25-20-15-23(9-12-30-13-10-23)31-21-7-6-18(14-19(20)21)17-4-2-1-3-5-17/h1-7,14,16,20H,8-13,15H2,(H,25,29). The molecule has 0 radical (unpaired) electrons. The molecule has 31 heavy (non-hydrogen) atoms. The van der Waals surface area contributed by atoms with E-state index in [1.807, 2.05) is 24.3 Å². The fourth-order valence-corrected chi connectivity index (χ4v) is 4.42. The van der Waals surface area contributed by atoms with Crippen LogP contribution in [0.15, 0.2) is 54.9 Å². The van der Waals surface area contributed by atoms with Crippen LogP contribution in [0.5, 0.6) is 5.75 Å². The van der Waals surface area contributed by atoms with E-state index >= 15 is 0 Å². The van der Waals surface area contributed by atoms with Crippen LogP contribution in [0.2, 0.25) is 0 Å². The second kappa shape index (κ2) is 8.47. The highest BCUT2D eigenvalue weighted by Gasteiger charge is 2.42. The van der Waals surface area contributed by atoms with Gasteiger partial charge in [-0.1, -0.05) is 36.4 Å². The number of rotatable bonds is 5. The Morgan fingerprint density at radius 2 is 1.97 bits per heavy atom. The summed E-state index contributed by atoms with van der Waals surface area (Å²) >= 11 is 0. The number of hydrogen-bond donors (Lipinski definition) is 1. The van der Waals surface area contributed by atoms with Crippen molar-refractivity contribution in [2.24, 2.45) is 0 Å². The van der Waals surface area contributed by atoms with E-state index < -0.39 is 0 Å². The molecule has 2 aliphatic rings. The highest BCUT2D eigenvalue weighted by atomic mass is 16.5. The summed E-state index contributed by atoms with van der Waals surface area (Å²) in [6.07, 6.45) is 4.21. The molecule has 160 valence electrons. The average Bonchev–Trinajstić information content (AvgIpc) is 3.32. The lowest BCUT2D eigenvalue weighted by Gasteiger charge is -2.44. The molecule has 1 fully saturated rings. The Kier molecular flexibility index (Phi) is 5.38. The Bertz CT molecular complexity index is 1030. The normalized spacial score (nSPS) is 19.4. The highest BCUT2D eigenvalue weighted by Crippen LogP contribution is 2.45. The number of fused-ring (bicyclic) bond motifs is 1. The Balaban J connectivity index is 1.41. The number of nitrogens with one attached hydrogen (secondary N) is 1. The number of aromatic nitrogens is 4. The summed E-state index contributed by atoms with van der Waals surface area (Å²) in [6, 6.07) is 16.4. The van der Waals surface area contributed by atoms with E-state index in [4.69, 9.17) is 9.47 Å². The van der Waals surface area contributed by atoms with Crippen molar-refractivity contribution in [1.82, 2.24) is 25.5 Å². The van der Waals surface area contributed by atoms with Gasteiger partial charge in [-0.2, -0.15) is 0 Å². The third-order valence-electron chi connectivity index (χ3n) is 6.09. The number of tetrazole rings is 1. The van der Waals surface area contributed by atoms with Gasteiger partial charge in [-0.05, 0) is 33.7 Å². The first-order valence-electron chi connectivity index (χ1n) is 10.7. The lowest BCUT2D eigenvalue weighted by atomic mass is 9.81. The summed E-state index contributed by atoms with van der Waals surface area (Å²) in [6.45, 7) is 1.80. The Hall–Kier alpha value is -3.26. The van der Waals surface area contributed by atoms with Gasteiger partial charge in [-0.15, -0.1) is 5.10 Å². The van der Waals surface area contributed by atoms with E-state index in [9.17, 15) is 4.79 Å². The lowest BCUT2D eigenvalue weighted by molar-refractivity contribution is -0.123. The molecule has 1 saturated heterocycles. The largest absolute Gasteiger partial charge is 0.487 e. The Morgan fingerprint density at radius 3 is 2.74 bits per heavy atom. The van der Waals surface area contributed by atoms with Crippen LogP contribution in [-0.2, 0) is 16.1 Å². The number of hydrogen-bond acceptors (Lipinski definition) is 6. The predicted molar refractivity (Wildman–Crippen MR) is 113 cm³/mol. The summed E-state index contributed by atoms with van der Waals surface area (Å²) in [5.74, 6) is 0.819. The van der Waals surface area contributed by atoms with Crippen LogP contribution in [-0.4, -0.2) is 44.9 Å². The monoisotopic (exact) mass is 419 g/mol. The minimum Gasteiger partial charge on any atom is -0.487 e. The Morgan fingerprint density at radius 1 is 1.13 bits per heavy atom. The van der Waals surface area contributed by atoms with Crippen LogP contribution in [0.3, 0.4) is 0 Å². The van der Waals surface area contributed by atoms with Crippen LogP contribution in [0, 0.1) is 0 Å². The zero-order valence-corrected chi connectivity index (χ0v) is 17.2. The van der Waals surface area contributed by atoms with Crippen LogP contribution < -0.4 is 10.1 Å². The molecule has 1 atom stereocenters. The third-order valence-corrected chi connectivity index (χ3v) is 6.09. The van der Waals surface area contributed by atoms with E-state index in [-0.39, 0.29) is 17.6 Å². The molecular weight excluding hydrogens is 394 g/mol. The van der Waals surface area contributed by atoms with Gasteiger partial charge < -0.3 is 14.8 Å². The molecule has 8 nitrogen and oxygen atoms in total. The lowest BCUT2D eigenvalue weighted by Crippen LogP contribution is -2.48. The van der Waals surface area contributed by atoms with Crippen molar-refractivity contribution >= 4 is 5.91 Å². The average molecular weight is 419 g/mol. The topological polar surface area (TPSA) is 91.2 Å². The maximum atomic E-state index is 12.8. The second-order valence-electron chi connectivity index (χ2n) is 8.16. The minimum absolute atomic E-state index is 0.0272. The number of ether oxygens (including phenoxy) is 2. The molecule has 1 spiro atoms. The molecule has 0 saturated carbocycles. The van der Waals surface area contributed by atoms with E-state index in [0.29, 0.717) is 26.2 Å². The first-order chi connectivity index (χ1) is 15.2. The van der Waals surface area contributed by atoms with E-state index in [1.165, 1.54) is 6.33 Å². The number of amides is 1. The number of benzene rings is 2. The molecule has 1 N–H and O–H groups in total. The molecule has 0 aliphatic carbocycles.